The molecule has 1 heterocycles. The Hall–Kier alpha value is -2.34. The highest BCUT2D eigenvalue weighted by Crippen LogP contribution is 2.31. The van der Waals surface area contributed by atoms with Crippen LogP contribution in [0.4, 0.5) is 11.4 Å². The van der Waals surface area contributed by atoms with Crippen molar-refractivity contribution in [3.8, 4) is 0 Å². The Bertz CT molecular complexity index is 774. The molecule has 0 atom stereocenters. The number of hydrogen-bond donors (Lipinski definition) is 0. The fraction of sp³-hybridized carbons (Fsp3) is 0.278. The molecule has 0 bridgehead atoms. The van der Waals surface area contributed by atoms with Crippen molar-refractivity contribution in [2.24, 2.45) is 0 Å². The van der Waals surface area contributed by atoms with Crippen LogP contribution in [0.5, 0.6) is 0 Å². The van der Waals surface area contributed by atoms with Gasteiger partial charge in [0.2, 0.25) is 5.91 Å². The van der Waals surface area contributed by atoms with Gasteiger partial charge in [0, 0.05) is 29.3 Å². The molecule has 0 saturated heterocycles. The number of nitrogens with zero attached hydrogens (tertiary/aromatic N) is 2. The topological polar surface area (TPSA) is 63.5 Å². The Labute approximate surface area is 144 Å². The number of anilines is 1. The van der Waals surface area contributed by atoms with Gasteiger partial charge in [0.1, 0.15) is 0 Å². The fourth-order valence-corrected chi connectivity index (χ4v) is 3.59. The Morgan fingerprint density at radius 1 is 1.25 bits per heavy atom. The molecule has 0 unspecified atom stereocenters. The molecule has 2 aromatic carbocycles. The summed E-state index contributed by atoms with van der Waals surface area (Å²) in [4.78, 5) is 25.9. The number of nitro groups is 1. The van der Waals surface area contributed by atoms with Crippen LogP contribution in [0.25, 0.3) is 0 Å². The minimum atomic E-state index is -0.395. The summed E-state index contributed by atoms with van der Waals surface area (Å²) in [5.74, 6) is 0.398. The number of nitro benzene ring substituents is 1. The maximum atomic E-state index is 12.6. The van der Waals surface area contributed by atoms with E-state index in [9.17, 15) is 14.9 Å². The van der Waals surface area contributed by atoms with E-state index in [0.29, 0.717) is 12.3 Å². The highest BCUT2D eigenvalue weighted by atomic mass is 32.2. The Balaban J connectivity index is 1.72. The standard InChI is InChI=1S/C18H18N2O3S/c1-13-4-7-16(8-5-13)24-12-18(21)19-10-2-3-14-11-15(20(22)23)6-9-17(14)19/h4-9,11H,2-3,10,12H2,1H3. The molecule has 24 heavy (non-hydrogen) atoms. The van der Waals surface area contributed by atoms with Crippen molar-refractivity contribution in [3.05, 3.63) is 63.7 Å². The fourth-order valence-electron chi connectivity index (χ4n) is 2.81. The maximum Gasteiger partial charge on any atom is 0.269 e. The van der Waals surface area contributed by atoms with Crippen molar-refractivity contribution in [1.82, 2.24) is 0 Å². The summed E-state index contributed by atoms with van der Waals surface area (Å²) in [5.41, 5.74) is 2.96. The summed E-state index contributed by atoms with van der Waals surface area (Å²) in [5, 5.41) is 10.9. The first kappa shape index (κ1) is 16.5. The van der Waals surface area contributed by atoms with Crippen LogP contribution < -0.4 is 4.90 Å². The van der Waals surface area contributed by atoms with E-state index < -0.39 is 4.92 Å². The van der Waals surface area contributed by atoms with E-state index >= 15 is 0 Å². The van der Waals surface area contributed by atoms with Gasteiger partial charge in [-0.25, -0.2) is 0 Å². The Morgan fingerprint density at radius 2 is 2.00 bits per heavy atom. The lowest BCUT2D eigenvalue weighted by Gasteiger charge is -2.29. The molecule has 5 nitrogen and oxygen atoms in total. The zero-order valence-corrected chi connectivity index (χ0v) is 14.2. The number of thioether (sulfide) groups is 1. The molecule has 3 rings (SSSR count). The first-order chi connectivity index (χ1) is 11.5. The minimum Gasteiger partial charge on any atom is -0.311 e. The van der Waals surface area contributed by atoms with Crippen molar-refractivity contribution < 1.29 is 9.72 Å². The van der Waals surface area contributed by atoms with Gasteiger partial charge in [0.05, 0.1) is 10.7 Å². The third-order valence-electron chi connectivity index (χ3n) is 4.08. The molecule has 0 radical (unpaired) electrons. The molecule has 1 amide bonds. The number of amides is 1. The number of rotatable bonds is 4. The smallest absolute Gasteiger partial charge is 0.269 e. The summed E-state index contributed by atoms with van der Waals surface area (Å²) >= 11 is 1.51. The quantitative estimate of drug-likeness (QED) is 0.479. The van der Waals surface area contributed by atoms with E-state index in [-0.39, 0.29) is 11.6 Å². The minimum absolute atomic E-state index is 0.0374. The number of benzene rings is 2. The molecule has 2 aromatic rings. The first-order valence-electron chi connectivity index (χ1n) is 7.82. The normalized spacial score (nSPS) is 13.5. The van der Waals surface area contributed by atoms with Crippen LogP contribution in [-0.4, -0.2) is 23.1 Å². The molecule has 0 aliphatic carbocycles. The molecular weight excluding hydrogens is 324 g/mol. The van der Waals surface area contributed by atoms with E-state index in [1.54, 1.807) is 17.0 Å². The average molecular weight is 342 g/mol. The van der Waals surface area contributed by atoms with Crippen LogP contribution in [0.3, 0.4) is 0 Å². The summed E-state index contributed by atoms with van der Waals surface area (Å²) in [7, 11) is 0. The molecule has 6 heteroatoms. The number of aryl methyl sites for hydroxylation is 2. The third kappa shape index (κ3) is 3.59. The van der Waals surface area contributed by atoms with Crippen LogP contribution in [0.2, 0.25) is 0 Å². The second kappa shape index (κ2) is 7.05. The van der Waals surface area contributed by atoms with E-state index in [2.05, 4.69) is 0 Å². The molecule has 0 N–H and O–H groups in total. The lowest BCUT2D eigenvalue weighted by molar-refractivity contribution is -0.384. The summed E-state index contributed by atoms with van der Waals surface area (Å²) in [6.07, 6.45) is 1.60. The van der Waals surface area contributed by atoms with Crippen molar-refractivity contribution in [3.63, 3.8) is 0 Å². The number of carbonyl (C=O) groups excluding carboxylic acids is 1. The van der Waals surface area contributed by atoms with Crippen molar-refractivity contribution in [1.29, 1.82) is 0 Å². The van der Waals surface area contributed by atoms with E-state index in [1.165, 1.54) is 23.4 Å². The zero-order chi connectivity index (χ0) is 17.1. The van der Waals surface area contributed by atoms with Gasteiger partial charge < -0.3 is 4.90 Å². The molecule has 1 aliphatic heterocycles. The van der Waals surface area contributed by atoms with E-state index in [1.807, 2.05) is 31.2 Å². The number of fused-ring (bicyclic) bond motifs is 1. The highest BCUT2D eigenvalue weighted by molar-refractivity contribution is 8.00. The van der Waals surface area contributed by atoms with Crippen LogP contribution in [0.1, 0.15) is 17.5 Å². The van der Waals surface area contributed by atoms with Crippen LogP contribution >= 0.6 is 11.8 Å². The number of hydrogen-bond acceptors (Lipinski definition) is 4. The second-order valence-corrected chi connectivity index (χ2v) is 6.87. The van der Waals surface area contributed by atoms with E-state index in [4.69, 9.17) is 0 Å². The number of carbonyl (C=O) groups is 1. The van der Waals surface area contributed by atoms with Crippen molar-refractivity contribution >= 4 is 29.0 Å². The monoisotopic (exact) mass is 342 g/mol. The predicted molar refractivity (Wildman–Crippen MR) is 95.7 cm³/mol. The molecule has 0 saturated carbocycles. The Kier molecular flexibility index (Phi) is 4.85. The summed E-state index contributed by atoms with van der Waals surface area (Å²) < 4.78 is 0. The SMILES string of the molecule is Cc1ccc(SCC(=O)N2CCCc3cc([N+](=O)[O-])ccc32)cc1. The molecule has 0 spiro atoms. The van der Waals surface area contributed by atoms with Crippen molar-refractivity contribution in [2.75, 3.05) is 17.2 Å². The van der Waals surface area contributed by atoms with Gasteiger partial charge >= 0.3 is 0 Å². The molecule has 124 valence electrons. The van der Waals surface area contributed by atoms with Gasteiger partial charge in [-0.15, -0.1) is 11.8 Å². The molecular formula is C18H18N2O3S. The van der Waals surface area contributed by atoms with Crippen LogP contribution in [0, 0.1) is 17.0 Å². The van der Waals surface area contributed by atoms with Gasteiger partial charge in [0.25, 0.3) is 5.69 Å². The second-order valence-electron chi connectivity index (χ2n) is 5.82. The Morgan fingerprint density at radius 3 is 2.71 bits per heavy atom. The highest BCUT2D eigenvalue weighted by Gasteiger charge is 2.24. The predicted octanol–water partition coefficient (Wildman–Crippen LogP) is 3.97. The average Bonchev–Trinajstić information content (AvgIpc) is 2.60. The summed E-state index contributed by atoms with van der Waals surface area (Å²) in [6, 6.07) is 12.8. The molecule has 0 fully saturated rings. The lowest BCUT2D eigenvalue weighted by atomic mass is 10.0. The lowest BCUT2D eigenvalue weighted by Crippen LogP contribution is -2.36. The van der Waals surface area contributed by atoms with Gasteiger partial charge in [-0.2, -0.15) is 0 Å². The number of non-ortho nitro benzene ring substituents is 1. The van der Waals surface area contributed by atoms with Gasteiger partial charge in [-0.1, -0.05) is 17.7 Å². The maximum absolute atomic E-state index is 12.6. The zero-order valence-electron chi connectivity index (χ0n) is 13.4. The van der Waals surface area contributed by atoms with Gasteiger partial charge in [-0.05, 0) is 43.5 Å². The van der Waals surface area contributed by atoms with Gasteiger partial charge in [-0.3, -0.25) is 14.9 Å². The largest absolute Gasteiger partial charge is 0.311 e. The first-order valence-corrected chi connectivity index (χ1v) is 8.80. The van der Waals surface area contributed by atoms with Crippen LogP contribution in [-0.2, 0) is 11.2 Å². The molecule has 0 aromatic heterocycles. The van der Waals surface area contributed by atoms with Crippen LogP contribution in [0.15, 0.2) is 47.4 Å². The third-order valence-corrected chi connectivity index (χ3v) is 5.07. The van der Waals surface area contributed by atoms with E-state index in [0.717, 1.165) is 29.0 Å². The summed E-state index contributed by atoms with van der Waals surface area (Å²) in [6.45, 7) is 2.70. The van der Waals surface area contributed by atoms with Gasteiger partial charge in [0.15, 0.2) is 0 Å². The molecule has 1 aliphatic rings. The van der Waals surface area contributed by atoms with Crippen molar-refractivity contribution in [2.45, 2.75) is 24.7 Å².